The van der Waals surface area contributed by atoms with Crippen molar-refractivity contribution >= 4 is 0 Å². The minimum absolute atomic E-state index is 0.484. The third kappa shape index (κ3) is 2.70. The monoisotopic (exact) mass is 183 g/mol. The third-order valence-corrected chi connectivity index (χ3v) is 4.06. The lowest BCUT2D eigenvalue weighted by molar-refractivity contribution is 0.181. The van der Waals surface area contributed by atoms with Gasteiger partial charge in [-0.1, -0.05) is 33.6 Å². The van der Waals surface area contributed by atoms with E-state index in [4.69, 9.17) is 5.73 Å². The van der Waals surface area contributed by atoms with E-state index in [0.29, 0.717) is 6.04 Å². The normalized spacial score (nSPS) is 37.4. The zero-order valence-electron chi connectivity index (χ0n) is 9.42. The molecule has 0 aromatic carbocycles. The molecule has 1 aliphatic rings. The molecule has 13 heavy (non-hydrogen) atoms. The molecular weight excluding hydrogens is 158 g/mol. The minimum Gasteiger partial charge on any atom is -0.327 e. The summed E-state index contributed by atoms with van der Waals surface area (Å²) >= 11 is 0. The van der Waals surface area contributed by atoms with Crippen LogP contribution in [0.2, 0.25) is 0 Å². The number of rotatable bonds is 3. The Morgan fingerprint density at radius 3 is 2.46 bits per heavy atom. The molecule has 0 aliphatic heterocycles. The fourth-order valence-electron chi connectivity index (χ4n) is 2.66. The molecule has 0 spiro atoms. The lowest BCUT2D eigenvalue weighted by Crippen LogP contribution is -2.37. The molecule has 1 rings (SSSR count). The Labute approximate surface area is 83.1 Å². The summed E-state index contributed by atoms with van der Waals surface area (Å²) in [5.41, 5.74) is 6.17. The first-order valence-electron chi connectivity index (χ1n) is 5.94. The van der Waals surface area contributed by atoms with Crippen molar-refractivity contribution in [1.29, 1.82) is 0 Å². The fourth-order valence-corrected chi connectivity index (χ4v) is 2.66. The van der Waals surface area contributed by atoms with Crippen LogP contribution in [0.4, 0.5) is 0 Å². The van der Waals surface area contributed by atoms with Crippen LogP contribution in [0.25, 0.3) is 0 Å². The Morgan fingerprint density at radius 1 is 1.31 bits per heavy atom. The SMILES string of the molecule is CCC(C)C1CCC(CC)C(N)C1. The van der Waals surface area contributed by atoms with Crippen molar-refractivity contribution in [2.24, 2.45) is 23.5 Å². The molecule has 0 amide bonds. The van der Waals surface area contributed by atoms with Crippen LogP contribution in [-0.4, -0.2) is 6.04 Å². The summed E-state index contributed by atoms with van der Waals surface area (Å²) in [6.45, 7) is 6.94. The molecule has 4 atom stereocenters. The van der Waals surface area contributed by atoms with Gasteiger partial charge in [-0.2, -0.15) is 0 Å². The maximum absolute atomic E-state index is 6.17. The topological polar surface area (TPSA) is 26.0 Å². The van der Waals surface area contributed by atoms with Gasteiger partial charge in [0.05, 0.1) is 0 Å². The maximum atomic E-state index is 6.17. The van der Waals surface area contributed by atoms with Gasteiger partial charge in [0.2, 0.25) is 0 Å². The van der Waals surface area contributed by atoms with Crippen molar-refractivity contribution in [2.45, 2.75) is 58.9 Å². The van der Waals surface area contributed by atoms with Crippen LogP contribution in [0, 0.1) is 17.8 Å². The van der Waals surface area contributed by atoms with E-state index in [1.54, 1.807) is 0 Å². The van der Waals surface area contributed by atoms with Crippen LogP contribution in [0.15, 0.2) is 0 Å². The largest absolute Gasteiger partial charge is 0.327 e. The van der Waals surface area contributed by atoms with Gasteiger partial charge in [-0.05, 0) is 37.0 Å². The first-order valence-corrected chi connectivity index (χ1v) is 5.94. The lowest BCUT2D eigenvalue weighted by Gasteiger charge is -2.36. The number of hydrogen-bond acceptors (Lipinski definition) is 1. The highest BCUT2D eigenvalue weighted by Crippen LogP contribution is 2.35. The third-order valence-electron chi connectivity index (χ3n) is 4.06. The van der Waals surface area contributed by atoms with Gasteiger partial charge in [0, 0.05) is 6.04 Å². The van der Waals surface area contributed by atoms with Gasteiger partial charge in [0.1, 0.15) is 0 Å². The quantitative estimate of drug-likeness (QED) is 0.714. The highest BCUT2D eigenvalue weighted by Gasteiger charge is 2.28. The Bertz CT molecular complexity index is 144. The number of nitrogens with two attached hydrogens (primary N) is 1. The van der Waals surface area contributed by atoms with Gasteiger partial charge >= 0.3 is 0 Å². The Balaban J connectivity index is 2.40. The zero-order chi connectivity index (χ0) is 9.84. The molecule has 0 radical (unpaired) electrons. The van der Waals surface area contributed by atoms with Crippen LogP contribution in [-0.2, 0) is 0 Å². The standard InChI is InChI=1S/C12H25N/c1-4-9(3)11-7-6-10(5-2)12(13)8-11/h9-12H,4-8,13H2,1-3H3. The summed E-state index contributed by atoms with van der Waals surface area (Å²) in [6.07, 6.45) is 6.64. The molecule has 1 aliphatic carbocycles. The second-order valence-corrected chi connectivity index (χ2v) is 4.79. The van der Waals surface area contributed by atoms with E-state index < -0.39 is 0 Å². The second-order valence-electron chi connectivity index (χ2n) is 4.79. The molecule has 1 heteroatoms. The zero-order valence-corrected chi connectivity index (χ0v) is 9.42. The van der Waals surface area contributed by atoms with Crippen molar-refractivity contribution in [3.63, 3.8) is 0 Å². The molecule has 1 saturated carbocycles. The summed E-state index contributed by atoms with van der Waals surface area (Å²) in [4.78, 5) is 0. The van der Waals surface area contributed by atoms with E-state index in [-0.39, 0.29) is 0 Å². The summed E-state index contributed by atoms with van der Waals surface area (Å²) in [5.74, 6) is 2.59. The minimum atomic E-state index is 0.484. The Morgan fingerprint density at radius 2 is 2.00 bits per heavy atom. The highest BCUT2D eigenvalue weighted by molar-refractivity contribution is 4.83. The van der Waals surface area contributed by atoms with Crippen LogP contribution < -0.4 is 5.73 Å². The average Bonchev–Trinajstić information content (AvgIpc) is 2.16. The van der Waals surface area contributed by atoms with Crippen LogP contribution in [0.1, 0.15) is 52.9 Å². The second kappa shape index (κ2) is 4.99. The summed E-state index contributed by atoms with van der Waals surface area (Å²) in [5, 5.41) is 0. The molecule has 4 unspecified atom stereocenters. The first kappa shape index (κ1) is 11.0. The first-order chi connectivity index (χ1) is 6.19. The van der Waals surface area contributed by atoms with Gasteiger partial charge in [-0.15, -0.1) is 0 Å². The molecule has 0 aromatic rings. The summed E-state index contributed by atoms with van der Waals surface area (Å²) in [6, 6.07) is 0.484. The smallest absolute Gasteiger partial charge is 0.00698 e. The molecule has 0 bridgehead atoms. The Kier molecular flexibility index (Phi) is 4.24. The van der Waals surface area contributed by atoms with Crippen molar-refractivity contribution in [3.8, 4) is 0 Å². The predicted octanol–water partition coefficient (Wildman–Crippen LogP) is 3.19. The lowest BCUT2D eigenvalue weighted by atomic mass is 9.72. The van der Waals surface area contributed by atoms with Gasteiger partial charge in [-0.3, -0.25) is 0 Å². The summed E-state index contributed by atoms with van der Waals surface area (Å²) in [7, 11) is 0. The molecule has 1 nitrogen and oxygen atoms in total. The molecular formula is C12H25N. The average molecular weight is 183 g/mol. The predicted molar refractivity (Wildman–Crippen MR) is 58.6 cm³/mol. The van der Waals surface area contributed by atoms with Crippen LogP contribution >= 0.6 is 0 Å². The van der Waals surface area contributed by atoms with Gasteiger partial charge in [0.15, 0.2) is 0 Å². The van der Waals surface area contributed by atoms with E-state index in [0.717, 1.165) is 17.8 Å². The summed E-state index contributed by atoms with van der Waals surface area (Å²) < 4.78 is 0. The van der Waals surface area contributed by atoms with Gasteiger partial charge in [-0.25, -0.2) is 0 Å². The Hall–Kier alpha value is -0.0400. The van der Waals surface area contributed by atoms with Crippen molar-refractivity contribution in [3.05, 3.63) is 0 Å². The van der Waals surface area contributed by atoms with E-state index in [9.17, 15) is 0 Å². The fraction of sp³-hybridized carbons (Fsp3) is 1.00. The van der Waals surface area contributed by atoms with Gasteiger partial charge < -0.3 is 5.73 Å². The highest BCUT2D eigenvalue weighted by atomic mass is 14.7. The van der Waals surface area contributed by atoms with Gasteiger partial charge in [0.25, 0.3) is 0 Å². The van der Waals surface area contributed by atoms with E-state index >= 15 is 0 Å². The van der Waals surface area contributed by atoms with Crippen molar-refractivity contribution < 1.29 is 0 Å². The van der Waals surface area contributed by atoms with E-state index in [1.165, 1.54) is 32.1 Å². The maximum Gasteiger partial charge on any atom is 0.00698 e. The van der Waals surface area contributed by atoms with E-state index in [1.807, 2.05) is 0 Å². The van der Waals surface area contributed by atoms with Crippen LogP contribution in [0.5, 0.6) is 0 Å². The molecule has 78 valence electrons. The molecule has 0 heterocycles. The van der Waals surface area contributed by atoms with Crippen molar-refractivity contribution in [2.75, 3.05) is 0 Å². The van der Waals surface area contributed by atoms with E-state index in [2.05, 4.69) is 20.8 Å². The van der Waals surface area contributed by atoms with Crippen molar-refractivity contribution in [1.82, 2.24) is 0 Å². The van der Waals surface area contributed by atoms with Crippen LogP contribution in [0.3, 0.4) is 0 Å². The molecule has 1 fully saturated rings. The molecule has 2 N–H and O–H groups in total. The number of hydrogen-bond donors (Lipinski definition) is 1. The molecule has 0 aromatic heterocycles. The molecule has 0 saturated heterocycles.